The van der Waals surface area contributed by atoms with Crippen molar-refractivity contribution in [2.24, 2.45) is 0 Å². The first-order chi connectivity index (χ1) is 9.60. The van der Waals surface area contributed by atoms with Gasteiger partial charge in [0.05, 0.1) is 16.2 Å². The largest absolute Gasteiger partial charge is 0.387 e. The molecule has 1 N–H and O–H groups in total. The van der Waals surface area contributed by atoms with Gasteiger partial charge in [-0.25, -0.2) is 8.42 Å². The van der Waals surface area contributed by atoms with E-state index in [0.29, 0.717) is 12.8 Å². The Bertz CT molecular complexity index is 708. The summed E-state index contributed by atoms with van der Waals surface area (Å²) in [6, 6.07) is 15.9. The molecule has 0 heterocycles. The zero-order chi connectivity index (χ0) is 14.2. The fourth-order valence-corrected chi connectivity index (χ4v) is 4.62. The van der Waals surface area contributed by atoms with Gasteiger partial charge in [-0.1, -0.05) is 42.5 Å². The van der Waals surface area contributed by atoms with E-state index in [0.717, 1.165) is 11.1 Å². The number of aryl methyl sites for hydroxylation is 1. The van der Waals surface area contributed by atoms with Crippen LogP contribution in [0.4, 0.5) is 0 Å². The zero-order valence-corrected chi connectivity index (χ0v) is 11.8. The highest BCUT2D eigenvalue weighted by Crippen LogP contribution is 2.36. The first kappa shape index (κ1) is 13.3. The van der Waals surface area contributed by atoms with E-state index >= 15 is 0 Å². The molecule has 0 spiro atoms. The van der Waals surface area contributed by atoms with Gasteiger partial charge in [0.2, 0.25) is 0 Å². The van der Waals surface area contributed by atoms with Gasteiger partial charge in [-0.2, -0.15) is 0 Å². The third-order valence-electron chi connectivity index (χ3n) is 3.89. The molecule has 2 aromatic carbocycles. The van der Waals surface area contributed by atoms with Gasteiger partial charge < -0.3 is 5.11 Å². The molecule has 3 rings (SSSR count). The number of hydrogen-bond acceptors (Lipinski definition) is 3. The van der Waals surface area contributed by atoms with Crippen molar-refractivity contribution in [1.82, 2.24) is 0 Å². The summed E-state index contributed by atoms with van der Waals surface area (Å²) in [4.78, 5) is 0.281. The highest BCUT2D eigenvalue weighted by Gasteiger charge is 2.37. The highest BCUT2D eigenvalue weighted by atomic mass is 32.2. The lowest BCUT2D eigenvalue weighted by atomic mass is 9.89. The second-order valence-electron chi connectivity index (χ2n) is 5.08. The molecule has 0 saturated carbocycles. The van der Waals surface area contributed by atoms with Crippen LogP contribution >= 0.6 is 0 Å². The Hall–Kier alpha value is -1.65. The SMILES string of the molecule is O=S(=O)(c1ccccc1)[C@H]1CCc2ccccc2[C@@H]1O. The highest BCUT2D eigenvalue weighted by molar-refractivity contribution is 7.92. The molecule has 0 radical (unpaired) electrons. The van der Waals surface area contributed by atoms with Crippen LogP contribution in [-0.4, -0.2) is 18.8 Å². The molecule has 1 aliphatic rings. The second kappa shape index (κ2) is 5.04. The summed E-state index contributed by atoms with van der Waals surface area (Å²) in [6.07, 6.45) is 0.185. The van der Waals surface area contributed by atoms with Crippen molar-refractivity contribution in [3.8, 4) is 0 Å². The lowest BCUT2D eigenvalue weighted by Crippen LogP contribution is -2.33. The van der Waals surface area contributed by atoms with Crippen LogP contribution in [0.1, 0.15) is 23.7 Å². The number of sulfone groups is 1. The Morgan fingerprint density at radius 1 is 0.950 bits per heavy atom. The van der Waals surface area contributed by atoms with Crippen molar-refractivity contribution in [2.45, 2.75) is 29.1 Å². The van der Waals surface area contributed by atoms with Gasteiger partial charge in [-0.05, 0) is 36.1 Å². The summed E-state index contributed by atoms with van der Waals surface area (Å²) in [5.41, 5.74) is 1.78. The van der Waals surface area contributed by atoms with Gasteiger partial charge in [0.25, 0.3) is 0 Å². The molecule has 3 nitrogen and oxygen atoms in total. The number of rotatable bonds is 2. The number of aliphatic hydroxyl groups is 1. The van der Waals surface area contributed by atoms with Gasteiger partial charge in [0.15, 0.2) is 9.84 Å². The molecule has 0 aromatic heterocycles. The lowest BCUT2D eigenvalue weighted by Gasteiger charge is -2.29. The predicted molar refractivity (Wildman–Crippen MR) is 77.1 cm³/mol. The van der Waals surface area contributed by atoms with Crippen LogP contribution in [0, 0.1) is 0 Å². The van der Waals surface area contributed by atoms with Crippen LogP contribution in [0.25, 0.3) is 0 Å². The van der Waals surface area contributed by atoms with E-state index in [-0.39, 0.29) is 4.90 Å². The van der Waals surface area contributed by atoms with Crippen LogP contribution in [0.2, 0.25) is 0 Å². The first-order valence-corrected chi connectivity index (χ1v) is 8.20. The minimum Gasteiger partial charge on any atom is -0.387 e. The fourth-order valence-electron chi connectivity index (χ4n) is 2.82. The normalized spacial score (nSPS) is 22.2. The summed E-state index contributed by atoms with van der Waals surface area (Å²) < 4.78 is 25.3. The summed E-state index contributed by atoms with van der Waals surface area (Å²) >= 11 is 0. The van der Waals surface area contributed by atoms with Crippen molar-refractivity contribution in [1.29, 1.82) is 0 Å². The fraction of sp³-hybridized carbons (Fsp3) is 0.250. The molecule has 0 fully saturated rings. The molecule has 0 aliphatic heterocycles. The van der Waals surface area contributed by atoms with Crippen molar-refractivity contribution in [3.63, 3.8) is 0 Å². The molecular weight excluding hydrogens is 272 g/mol. The van der Waals surface area contributed by atoms with Crippen LogP contribution in [0.15, 0.2) is 59.5 Å². The van der Waals surface area contributed by atoms with E-state index in [9.17, 15) is 13.5 Å². The minimum absolute atomic E-state index is 0.281. The van der Waals surface area contributed by atoms with Crippen LogP contribution in [-0.2, 0) is 16.3 Å². The molecule has 0 unspecified atom stereocenters. The van der Waals surface area contributed by atoms with Crippen LogP contribution < -0.4 is 0 Å². The molecule has 104 valence electrons. The van der Waals surface area contributed by atoms with E-state index in [4.69, 9.17) is 0 Å². The smallest absolute Gasteiger partial charge is 0.184 e. The van der Waals surface area contributed by atoms with Crippen molar-refractivity contribution in [3.05, 3.63) is 65.7 Å². The van der Waals surface area contributed by atoms with Gasteiger partial charge in [-0.3, -0.25) is 0 Å². The number of hydrogen-bond donors (Lipinski definition) is 1. The average Bonchev–Trinajstić information content (AvgIpc) is 2.48. The van der Waals surface area contributed by atoms with Crippen molar-refractivity contribution >= 4 is 9.84 Å². The van der Waals surface area contributed by atoms with Gasteiger partial charge in [0.1, 0.15) is 0 Å². The summed E-state index contributed by atoms with van der Waals surface area (Å²) in [7, 11) is -3.50. The molecule has 2 atom stereocenters. The number of benzene rings is 2. The molecule has 0 amide bonds. The maximum Gasteiger partial charge on any atom is 0.184 e. The topological polar surface area (TPSA) is 54.4 Å². The summed E-state index contributed by atoms with van der Waals surface area (Å²) in [5, 5.41) is 9.67. The standard InChI is InChI=1S/C16H16O3S/c17-16-14-9-5-4-6-12(14)10-11-15(16)20(18,19)13-7-2-1-3-8-13/h1-9,15-17H,10-11H2/t15-,16-/m0/s1. The van der Waals surface area contributed by atoms with Crippen molar-refractivity contribution < 1.29 is 13.5 Å². The average molecular weight is 288 g/mol. The minimum atomic E-state index is -3.50. The van der Waals surface area contributed by atoms with Crippen LogP contribution in [0.3, 0.4) is 0 Å². The zero-order valence-electron chi connectivity index (χ0n) is 10.9. The molecule has 20 heavy (non-hydrogen) atoms. The maximum atomic E-state index is 12.6. The second-order valence-corrected chi connectivity index (χ2v) is 7.25. The Morgan fingerprint density at radius 3 is 2.35 bits per heavy atom. The van der Waals surface area contributed by atoms with E-state index in [2.05, 4.69) is 0 Å². The number of aliphatic hydroxyl groups excluding tert-OH is 1. The van der Waals surface area contributed by atoms with Gasteiger partial charge >= 0.3 is 0 Å². The lowest BCUT2D eigenvalue weighted by molar-refractivity contribution is 0.159. The van der Waals surface area contributed by atoms with Gasteiger partial charge in [0, 0.05) is 0 Å². The van der Waals surface area contributed by atoms with E-state index in [1.165, 1.54) is 0 Å². The quantitative estimate of drug-likeness (QED) is 0.924. The third-order valence-corrected chi connectivity index (χ3v) is 6.11. The van der Waals surface area contributed by atoms with Crippen molar-refractivity contribution in [2.75, 3.05) is 0 Å². The Kier molecular flexibility index (Phi) is 3.36. The van der Waals surface area contributed by atoms with Crippen LogP contribution in [0.5, 0.6) is 0 Å². The Labute approximate surface area is 118 Å². The Balaban J connectivity index is 2.01. The van der Waals surface area contributed by atoms with E-state index in [1.54, 1.807) is 30.3 Å². The molecule has 1 aliphatic carbocycles. The predicted octanol–water partition coefficient (Wildman–Crippen LogP) is 2.51. The molecule has 0 saturated heterocycles. The monoisotopic (exact) mass is 288 g/mol. The van der Waals surface area contributed by atoms with Gasteiger partial charge in [-0.15, -0.1) is 0 Å². The molecule has 0 bridgehead atoms. The first-order valence-electron chi connectivity index (χ1n) is 6.65. The van der Waals surface area contributed by atoms with E-state index in [1.807, 2.05) is 24.3 Å². The molecule has 4 heteroatoms. The number of fused-ring (bicyclic) bond motifs is 1. The maximum absolute atomic E-state index is 12.6. The Morgan fingerprint density at radius 2 is 1.60 bits per heavy atom. The molecular formula is C16H16O3S. The summed E-state index contributed by atoms with van der Waals surface area (Å²) in [6.45, 7) is 0. The molecule has 2 aromatic rings. The summed E-state index contributed by atoms with van der Waals surface area (Å²) in [5.74, 6) is 0. The van der Waals surface area contributed by atoms with E-state index < -0.39 is 21.2 Å². The third kappa shape index (κ3) is 2.15.